The molecule has 0 aliphatic carbocycles. The smallest absolute Gasteiger partial charge is 0.430 e. The van der Waals surface area contributed by atoms with E-state index in [1.54, 1.807) is 13.8 Å². The van der Waals surface area contributed by atoms with Crippen LogP contribution in [0.2, 0.25) is 0 Å². The fourth-order valence-electron chi connectivity index (χ4n) is 0.280. The highest BCUT2D eigenvalue weighted by molar-refractivity contribution is 5.61. The molecular formula is C5H7O6-. The van der Waals surface area contributed by atoms with Gasteiger partial charge >= 0.3 is 6.16 Å². The number of rotatable bonds is 1. The first-order valence-electron chi connectivity index (χ1n) is 2.78. The van der Waals surface area contributed by atoms with Crippen molar-refractivity contribution in [1.29, 1.82) is 0 Å². The minimum absolute atomic E-state index is 0.396. The summed E-state index contributed by atoms with van der Waals surface area (Å²) in [5.41, 5.74) is 0. The molecule has 0 aliphatic rings. The largest absolute Gasteiger partial charge is 0.537 e. The lowest BCUT2D eigenvalue weighted by atomic mass is 10.5. The lowest BCUT2D eigenvalue weighted by Gasteiger charge is -2.09. The predicted octanol–water partition coefficient (Wildman–Crippen LogP) is -0.177. The zero-order valence-corrected chi connectivity index (χ0v) is 6.03. The summed E-state index contributed by atoms with van der Waals surface area (Å²) in [7, 11) is 0. The van der Waals surface area contributed by atoms with Crippen LogP contribution in [0.5, 0.6) is 0 Å². The molecule has 0 unspecified atom stereocenters. The maximum atomic E-state index is 10.3. The Bertz CT molecular complexity index is 151. The highest BCUT2D eigenvalue weighted by Crippen LogP contribution is 1.92. The molecule has 0 amide bonds. The van der Waals surface area contributed by atoms with Gasteiger partial charge in [-0.25, -0.2) is 4.79 Å². The Morgan fingerprint density at radius 1 is 1.27 bits per heavy atom. The zero-order valence-electron chi connectivity index (χ0n) is 6.03. The van der Waals surface area contributed by atoms with Crippen LogP contribution in [0.1, 0.15) is 13.8 Å². The predicted molar refractivity (Wildman–Crippen MR) is 29.2 cm³/mol. The van der Waals surface area contributed by atoms with Crippen LogP contribution in [0, 0.1) is 0 Å². The van der Waals surface area contributed by atoms with E-state index in [-0.39, 0.29) is 0 Å². The van der Waals surface area contributed by atoms with E-state index in [1.165, 1.54) is 0 Å². The van der Waals surface area contributed by atoms with Crippen molar-refractivity contribution in [2.75, 3.05) is 0 Å². The summed E-state index contributed by atoms with van der Waals surface area (Å²) in [4.78, 5) is 26.7. The molecular weight excluding hydrogens is 156 g/mol. The summed E-state index contributed by atoms with van der Waals surface area (Å²) < 4.78 is 4.32. The SMILES string of the molecule is CC(C)OC(=O)OOC(=O)[O-]. The molecule has 0 saturated heterocycles. The van der Waals surface area contributed by atoms with Crippen LogP contribution in [0.15, 0.2) is 0 Å². The molecule has 0 bridgehead atoms. The third-order valence-electron chi connectivity index (χ3n) is 0.510. The molecule has 64 valence electrons. The minimum Gasteiger partial charge on any atom is -0.430 e. The molecule has 0 spiro atoms. The first-order chi connectivity index (χ1) is 5.02. The first-order valence-corrected chi connectivity index (χ1v) is 2.78. The lowest BCUT2D eigenvalue weighted by molar-refractivity contribution is -0.344. The van der Waals surface area contributed by atoms with Crippen LogP contribution in [-0.4, -0.2) is 18.4 Å². The van der Waals surface area contributed by atoms with E-state index in [0.717, 1.165) is 0 Å². The molecule has 0 atom stereocenters. The van der Waals surface area contributed by atoms with Gasteiger partial charge in [-0.15, -0.1) is 0 Å². The molecule has 6 heteroatoms. The van der Waals surface area contributed by atoms with E-state index in [9.17, 15) is 14.7 Å². The second kappa shape index (κ2) is 4.37. The average molecular weight is 163 g/mol. The van der Waals surface area contributed by atoms with Crippen molar-refractivity contribution in [2.45, 2.75) is 20.0 Å². The van der Waals surface area contributed by atoms with Gasteiger partial charge in [-0.05, 0) is 13.8 Å². The van der Waals surface area contributed by atoms with Crippen molar-refractivity contribution >= 4 is 12.3 Å². The second-order valence-electron chi connectivity index (χ2n) is 1.83. The van der Waals surface area contributed by atoms with Crippen molar-refractivity contribution in [3.63, 3.8) is 0 Å². The van der Waals surface area contributed by atoms with Crippen LogP contribution in [0.4, 0.5) is 9.59 Å². The molecule has 11 heavy (non-hydrogen) atoms. The van der Waals surface area contributed by atoms with Gasteiger partial charge in [0.1, 0.15) is 0 Å². The molecule has 0 aliphatic heterocycles. The van der Waals surface area contributed by atoms with Gasteiger partial charge in [-0.3, -0.25) is 4.89 Å². The van der Waals surface area contributed by atoms with Crippen LogP contribution in [0.25, 0.3) is 0 Å². The monoisotopic (exact) mass is 163 g/mol. The maximum Gasteiger partial charge on any atom is 0.537 e. The Labute approximate surface area is 62.6 Å². The van der Waals surface area contributed by atoms with Gasteiger partial charge in [0.05, 0.1) is 6.10 Å². The summed E-state index contributed by atoms with van der Waals surface area (Å²) in [6.07, 6.45) is -3.57. The number of ether oxygens (including phenoxy) is 1. The van der Waals surface area contributed by atoms with Gasteiger partial charge in [-0.1, -0.05) is 0 Å². The van der Waals surface area contributed by atoms with Crippen LogP contribution in [-0.2, 0) is 14.5 Å². The van der Waals surface area contributed by atoms with E-state index in [1.807, 2.05) is 0 Å². The van der Waals surface area contributed by atoms with Crippen molar-refractivity contribution in [1.82, 2.24) is 0 Å². The lowest BCUT2D eigenvalue weighted by Crippen LogP contribution is -2.26. The number of carboxylic acid groups (broad SMARTS) is 1. The molecule has 0 aromatic carbocycles. The Morgan fingerprint density at radius 3 is 2.18 bits per heavy atom. The van der Waals surface area contributed by atoms with Gasteiger partial charge in [0.2, 0.25) is 0 Å². The summed E-state index contributed by atoms with van der Waals surface area (Å²) in [5.74, 6) is 0. The van der Waals surface area contributed by atoms with E-state index in [0.29, 0.717) is 0 Å². The highest BCUT2D eigenvalue weighted by atomic mass is 17.3. The summed E-state index contributed by atoms with van der Waals surface area (Å²) in [5, 5.41) is 9.52. The van der Waals surface area contributed by atoms with Crippen LogP contribution in [0.3, 0.4) is 0 Å². The van der Waals surface area contributed by atoms with Gasteiger partial charge in [0, 0.05) is 0 Å². The summed E-state index contributed by atoms with van der Waals surface area (Å²) >= 11 is 0. The molecule has 0 aromatic heterocycles. The van der Waals surface area contributed by atoms with E-state index in [4.69, 9.17) is 0 Å². The third-order valence-corrected chi connectivity index (χ3v) is 0.510. The van der Waals surface area contributed by atoms with Crippen molar-refractivity contribution in [3.05, 3.63) is 0 Å². The molecule has 6 nitrogen and oxygen atoms in total. The molecule has 0 radical (unpaired) electrons. The average Bonchev–Trinajstić information content (AvgIpc) is 1.82. The highest BCUT2D eigenvalue weighted by Gasteiger charge is 2.05. The van der Waals surface area contributed by atoms with Crippen LogP contribution < -0.4 is 5.11 Å². The Morgan fingerprint density at radius 2 is 1.82 bits per heavy atom. The zero-order chi connectivity index (χ0) is 8.85. The maximum absolute atomic E-state index is 10.3. The molecule has 0 rings (SSSR count). The van der Waals surface area contributed by atoms with Gasteiger partial charge in [0.15, 0.2) is 0 Å². The van der Waals surface area contributed by atoms with Gasteiger partial charge in [0.25, 0.3) is 6.16 Å². The van der Waals surface area contributed by atoms with Crippen LogP contribution >= 0.6 is 0 Å². The summed E-state index contributed by atoms with van der Waals surface area (Å²) in [6.45, 7) is 3.14. The molecule has 0 aromatic rings. The minimum atomic E-state index is -1.95. The fourth-order valence-corrected chi connectivity index (χ4v) is 0.280. The summed E-state index contributed by atoms with van der Waals surface area (Å²) in [6, 6.07) is 0. The van der Waals surface area contributed by atoms with Gasteiger partial charge in [-0.2, -0.15) is 0 Å². The standard InChI is InChI=1S/C5H8O6/c1-3(2)9-5(8)11-10-4(6)7/h3H,1-2H3,(H,6,7)/p-1. The molecule has 0 heterocycles. The van der Waals surface area contributed by atoms with Crippen molar-refractivity contribution in [3.8, 4) is 0 Å². The van der Waals surface area contributed by atoms with Gasteiger partial charge < -0.3 is 19.5 Å². The quantitative estimate of drug-likeness (QED) is 0.303. The Balaban J connectivity index is 3.45. The molecule has 0 N–H and O–H groups in total. The number of carbonyl (C=O) groups excluding carboxylic acids is 2. The fraction of sp³-hybridized carbons (Fsp3) is 0.600. The third kappa shape index (κ3) is 6.42. The first kappa shape index (κ1) is 9.54. The number of carbonyl (C=O) groups is 2. The second-order valence-corrected chi connectivity index (χ2v) is 1.83. The van der Waals surface area contributed by atoms with E-state index >= 15 is 0 Å². The molecule has 0 saturated carbocycles. The van der Waals surface area contributed by atoms with E-state index in [2.05, 4.69) is 14.5 Å². The van der Waals surface area contributed by atoms with E-state index < -0.39 is 18.4 Å². The topological polar surface area (TPSA) is 84.9 Å². The number of hydrogen-bond donors (Lipinski definition) is 0. The van der Waals surface area contributed by atoms with Crippen molar-refractivity contribution in [2.24, 2.45) is 0 Å². The Hall–Kier alpha value is -1.46. The Kier molecular flexibility index (Phi) is 3.79. The molecule has 0 fully saturated rings. The van der Waals surface area contributed by atoms with Crippen molar-refractivity contribution < 1.29 is 29.2 Å². The number of hydrogen-bond acceptors (Lipinski definition) is 6. The normalized spacial score (nSPS) is 9.00.